The van der Waals surface area contributed by atoms with E-state index in [-0.39, 0.29) is 32.1 Å². The first-order valence-electron chi connectivity index (χ1n) is 8.70. The Hall–Kier alpha value is -2.44. The maximum absolute atomic E-state index is 12.6. The zero-order valence-corrected chi connectivity index (χ0v) is 14.9. The Labute approximate surface area is 153 Å². The van der Waals surface area contributed by atoms with E-state index >= 15 is 0 Å². The van der Waals surface area contributed by atoms with Crippen molar-refractivity contribution in [3.63, 3.8) is 0 Å². The summed E-state index contributed by atoms with van der Waals surface area (Å²) in [7, 11) is 0. The van der Waals surface area contributed by atoms with E-state index < -0.39 is 5.60 Å². The van der Waals surface area contributed by atoms with E-state index in [1.165, 1.54) is 0 Å². The molecule has 1 aliphatic heterocycles. The summed E-state index contributed by atoms with van der Waals surface area (Å²) in [6, 6.07) is 11.3. The highest BCUT2D eigenvalue weighted by Gasteiger charge is 2.35. The predicted octanol–water partition coefficient (Wildman–Crippen LogP) is 1.60. The molecule has 138 valence electrons. The molecule has 1 amide bonds. The monoisotopic (exact) mass is 356 g/mol. The Kier molecular flexibility index (Phi) is 5.85. The van der Waals surface area contributed by atoms with Crippen molar-refractivity contribution in [3.05, 3.63) is 59.9 Å². The van der Waals surface area contributed by atoms with Crippen molar-refractivity contribution in [1.29, 1.82) is 0 Å². The Balaban J connectivity index is 1.63. The van der Waals surface area contributed by atoms with E-state index in [0.29, 0.717) is 18.9 Å². The number of carbonyl (C=O) groups excluding carboxylic acids is 1. The van der Waals surface area contributed by atoms with Crippen LogP contribution in [0, 0.1) is 6.92 Å². The zero-order chi connectivity index (χ0) is 18.4. The van der Waals surface area contributed by atoms with Gasteiger partial charge in [0.15, 0.2) is 0 Å². The molecule has 0 saturated carbocycles. The molecule has 1 saturated heterocycles. The minimum absolute atomic E-state index is 0.0457. The molecule has 1 atom stereocenters. The molecule has 6 heteroatoms. The second-order valence-corrected chi connectivity index (χ2v) is 6.73. The average Bonchev–Trinajstić information content (AvgIpc) is 2.83. The fourth-order valence-electron chi connectivity index (χ4n) is 2.93. The van der Waals surface area contributed by atoms with E-state index in [1.54, 1.807) is 17.3 Å². The van der Waals surface area contributed by atoms with Crippen LogP contribution in [-0.2, 0) is 16.0 Å². The van der Waals surface area contributed by atoms with Gasteiger partial charge >= 0.3 is 0 Å². The molecule has 1 aromatic carbocycles. The van der Waals surface area contributed by atoms with Gasteiger partial charge in [0.2, 0.25) is 5.91 Å². The van der Waals surface area contributed by atoms with E-state index in [1.807, 2.05) is 43.3 Å². The second-order valence-electron chi connectivity index (χ2n) is 6.73. The fraction of sp³-hybridized carbons (Fsp3) is 0.400. The number of pyridine rings is 1. The number of hydrogen-bond donors (Lipinski definition) is 1. The number of benzene rings is 1. The number of aromatic nitrogens is 1. The minimum Gasteiger partial charge on any atom is -0.490 e. The normalized spacial score (nSPS) is 20.5. The molecule has 2 aromatic rings. The van der Waals surface area contributed by atoms with E-state index in [4.69, 9.17) is 9.47 Å². The Morgan fingerprint density at radius 1 is 1.35 bits per heavy atom. The first-order chi connectivity index (χ1) is 12.5. The first-order valence-corrected chi connectivity index (χ1v) is 8.70. The summed E-state index contributed by atoms with van der Waals surface area (Å²) in [4.78, 5) is 18.2. The van der Waals surface area contributed by atoms with Gasteiger partial charge in [-0.05, 0) is 42.3 Å². The Bertz CT molecular complexity index is 738. The summed E-state index contributed by atoms with van der Waals surface area (Å²) < 4.78 is 11.3. The van der Waals surface area contributed by atoms with Gasteiger partial charge in [-0.15, -0.1) is 0 Å². The molecule has 0 bridgehead atoms. The third-order valence-corrected chi connectivity index (χ3v) is 4.32. The molecule has 1 aromatic heterocycles. The highest BCUT2D eigenvalue weighted by atomic mass is 16.5. The van der Waals surface area contributed by atoms with E-state index in [2.05, 4.69) is 4.98 Å². The highest BCUT2D eigenvalue weighted by molar-refractivity contribution is 5.78. The number of aryl methyl sites for hydroxylation is 1. The van der Waals surface area contributed by atoms with Gasteiger partial charge in [0, 0.05) is 18.9 Å². The van der Waals surface area contributed by atoms with Gasteiger partial charge in [-0.25, -0.2) is 0 Å². The van der Waals surface area contributed by atoms with Crippen molar-refractivity contribution in [2.45, 2.75) is 18.9 Å². The zero-order valence-electron chi connectivity index (χ0n) is 14.9. The maximum atomic E-state index is 12.6. The van der Waals surface area contributed by atoms with E-state index in [9.17, 15) is 9.90 Å². The lowest BCUT2D eigenvalue weighted by Gasteiger charge is -2.30. The van der Waals surface area contributed by atoms with Gasteiger partial charge < -0.3 is 19.5 Å². The molecular weight excluding hydrogens is 332 g/mol. The highest BCUT2D eigenvalue weighted by Crippen LogP contribution is 2.18. The summed E-state index contributed by atoms with van der Waals surface area (Å²) in [5.74, 6) is 0.646. The molecule has 0 radical (unpaired) electrons. The van der Waals surface area contributed by atoms with Gasteiger partial charge in [-0.2, -0.15) is 0 Å². The van der Waals surface area contributed by atoms with Gasteiger partial charge in [0.05, 0.1) is 26.2 Å². The number of β-amino-alcohol motifs (C(OH)–C–C–N with tert-alkyl or cyclic N) is 1. The topological polar surface area (TPSA) is 71.9 Å². The van der Waals surface area contributed by atoms with Gasteiger partial charge in [-0.1, -0.05) is 12.1 Å². The standard InChI is InChI=1S/C20H24N2O4/c1-16-3-2-4-18(11-16)26-15-20(24)13-22(9-10-25-14-20)19(23)12-17-5-7-21-8-6-17/h2-8,11,24H,9-10,12-15H2,1H3/t20-/m0/s1. The number of ether oxygens (including phenoxy) is 2. The van der Waals surface area contributed by atoms with Crippen molar-refractivity contribution in [2.24, 2.45) is 0 Å². The van der Waals surface area contributed by atoms with Crippen molar-refractivity contribution < 1.29 is 19.4 Å². The summed E-state index contributed by atoms with van der Waals surface area (Å²) >= 11 is 0. The van der Waals surface area contributed by atoms with Crippen LogP contribution in [0.3, 0.4) is 0 Å². The largest absolute Gasteiger partial charge is 0.490 e. The third kappa shape index (κ3) is 5.03. The van der Waals surface area contributed by atoms with Crippen molar-refractivity contribution in [2.75, 3.05) is 32.9 Å². The smallest absolute Gasteiger partial charge is 0.227 e. The number of hydrogen-bond acceptors (Lipinski definition) is 5. The predicted molar refractivity (Wildman–Crippen MR) is 97.0 cm³/mol. The Morgan fingerprint density at radius 3 is 2.92 bits per heavy atom. The molecule has 0 aliphatic carbocycles. The third-order valence-electron chi connectivity index (χ3n) is 4.32. The maximum Gasteiger partial charge on any atom is 0.227 e. The van der Waals surface area contributed by atoms with Crippen LogP contribution >= 0.6 is 0 Å². The molecule has 1 aliphatic rings. The molecule has 1 N–H and O–H groups in total. The molecule has 1 fully saturated rings. The lowest BCUT2D eigenvalue weighted by atomic mass is 10.1. The van der Waals surface area contributed by atoms with Crippen LogP contribution in [0.15, 0.2) is 48.8 Å². The van der Waals surface area contributed by atoms with Crippen LogP contribution in [0.25, 0.3) is 0 Å². The molecule has 0 spiro atoms. The summed E-state index contributed by atoms with van der Waals surface area (Å²) in [5, 5.41) is 10.9. The van der Waals surface area contributed by atoms with E-state index in [0.717, 1.165) is 11.1 Å². The molecule has 6 nitrogen and oxygen atoms in total. The van der Waals surface area contributed by atoms with Crippen LogP contribution in [0.2, 0.25) is 0 Å². The van der Waals surface area contributed by atoms with Gasteiger partial charge in [0.25, 0.3) is 0 Å². The fourth-order valence-corrected chi connectivity index (χ4v) is 2.93. The van der Waals surface area contributed by atoms with Crippen molar-refractivity contribution in [1.82, 2.24) is 9.88 Å². The van der Waals surface area contributed by atoms with Crippen molar-refractivity contribution >= 4 is 5.91 Å². The summed E-state index contributed by atoms with van der Waals surface area (Å²) in [5.41, 5.74) is 0.740. The number of rotatable bonds is 5. The van der Waals surface area contributed by atoms with Crippen LogP contribution in [-0.4, -0.2) is 59.4 Å². The number of aliphatic hydroxyl groups is 1. The Morgan fingerprint density at radius 2 is 2.15 bits per heavy atom. The number of amides is 1. The molecule has 2 heterocycles. The average molecular weight is 356 g/mol. The van der Waals surface area contributed by atoms with Crippen LogP contribution in [0.4, 0.5) is 0 Å². The summed E-state index contributed by atoms with van der Waals surface area (Å²) in [6.45, 7) is 3.22. The number of carbonyl (C=O) groups is 1. The number of nitrogens with zero attached hydrogens (tertiary/aromatic N) is 2. The molecule has 26 heavy (non-hydrogen) atoms. The molecule has 3 rings (SSSR count). The first kappa shape index (κ1) is 18.4. The van der Waals surface area contributed by atoms with Crippen molar-refractivity contribution in [3.8, 4) is 5.75 Å². The van der Waals surface area contributed by atoms with Gasteiger partial charge in [0.1, 0.15) is 18.0 Å². The lowest BCUT2D eigenvalue weighted by Crippen LogP contribution is -2.50. The lowest BCUT2D eigenvalue weighted by molar-refractivity contribution is -0.134. The van der Waals surface area contributed by atoms with Gasteiger partial charge in [-0.3, -0.25) is 9.78 Å². The molecular formula is C20H24N2O4. The van der Waals surface area contributed by atoms with Crippen LogP contribution in [0.1, 0.15) is 11.1 Å². The minimum atomic E-state index is -1.24. The second kappa shape index (κ2) is 8.29. The van der Waals surface area contributed by atoms with Crippen LogP contribution < -0.4 is 4.74 Å². The molecule has 0 unspecified atom stereocenters. The quantitative estimate of drug-likeness (QED) is 0.881. The SMILES string of the molecule is Cc1cccc(OC[C@@]2(O)COCCN(C(=O)Cc3ccncc3)C2)c1. The van der Waals surface area contributed by atoms with Crippen LogP contribution in [0.5, 0.6) is 5.75 Å². The summed E-state index contributed by atoms with van der Waals surface area (Å²) in [6.07, 6.45) is 3.61.